The minimum absolute atomic E-state index is 0.133. The standard InChI is InChI=1S/C15H10N2O/c18-15-10-6-2-1-5-9(10)13-14(17-15)11-7-3-4-8-12(11)16-13/h2-4,6-8H,1,5H2. The van der Waals surface area contributed by atoms with Crippen LogP contribution in [-0.4, -0.2) is 17.3 Å². The molecule has 1 aromatic rings. The van der Waals surface area contributed by atoms with E-state index in [1.807, 2.05) is 36.4 Å². The van der Waals surface area contributed by atoms with Gasteiger partial charge in [-0.25, -0.2) is 9.98 Å². The zero-order chi connectivity index (χ0) is 12.1. The number of allylic oxidation sites excluding steroid dienone is 2. The molecule has 0 saturated carbocycles. The number of para-hydroxylation sites is 1. The van der Waals surface area contributed by atoms with Gasteiger partial charge in [0.25, 0.3) is 5.91 Å². The van der Waals surface area contributed by atoms with Crippen molar-refractivity contribution in [1.82, 2.24) is 0 Å². The van der Waals surface area contributed by atoms with E-state index >= 15 is 0 Å². The van der Waals surface area contributed by atoms with Crippen LogP contribution in [0, 0.1) is 0 Å². The summed E-state index contributed by atoms with van der Waals surface area (Å²) in [6.45, 7) is 0. The zero-order valence-electron chi connectivity index (χ0n) is 9.68. The maximum atomic E-state index is 12.0. The maximum absolute atomic E-state index is 12.0. The molecule has 2 aliphatic heterocycles. The van der Waals surface area contributed by atoms with Gasteiger partial charge in [-0.2, -0.15) is 0 Å². The first-order valence-electron chi connectivity index (χ1n) is 6.06. The Balaban J connectivity index is 1.97. The first kappa shape index (κ1) is 9.71. The molecule has 0 unspecified atom stereocenters. The Morgan fingerprint density at radius 1 is 1.06 bits per heavy atom. The average Bonchev–Trinajstić information content (AvgIpc) is 2.78. The van der Waals surface area contributed by atoms with Crippen molar-refractivity contribution in [3.8, 4) is 0 Å². The number of hydrogen-bond acceptors (Lipinski definition) is 2. The van der Waals surface area contributed by atoms with Crippen molar-refractivity contribution in [3.05, 3.63) is 53.1 Å². The Morgan fingerprint density at radius 2 is 1.94 bits per heavy atom. The number of benzene rings is 1. The number of fused-ring (bicyclic) bond motifs is 4. The molecule has 0 spiro atoms. The van der Waals surface area contributed by atoms with Crippen LogP contribution in [0.2, 0.25) is 0 Å². The number of amides is 1. The molecule has 2 heterocycles. The largest absolute Gasteiger partial charge is 0.277 e. The monoisotopic (exact) mass is 234 g/mol. The average molecular weight is 234 g/mol. The van der Waals surface area contributed by atoms with Gasteiger partial charge in [0.15, 0.2) is 0 Å². The first-order chi connectivity index (χ1) is 8.84. The molecule has 0 atom stereocenters. The lowest BCUT2D eigenvalue weighted by Gasteiger charge is -2.18. The van der Waals surface area contributed by atoms with Crippen LogP contribution in [0.15, 0.2) is 57.5 Å². The highest BCUT2D eigenvalue weighted by atomic mass is 16.1. The summed E-state index contributed by atoms with van der Waals surface area (Å²) in [5.41, 5.74) is 5.32. The van der Waals surface area contributed by atoms with E-state index in [1.165, 1.54) is 0 Å². The lowest BCUT2D eigenvalue weighted by molar-refractivity contribution is -0.114. The lowest BCUT2D eigenvalue weighted by Crippen LogP contribution is -2.25. The molecule has 18 heavy (non-hydrogen) atoms. The van der Waals surface area contributed by atoms with Crippen LogP contribution in [-0.2, 0) is 4.79 Å². The number of hydrogen-bond donors (Lipinski definition) is 0. The zero-order valence-corrected chi connectivity index (χ0v) is 9.68. The molecule has 0 N–H and O–H groups in total. The molecule has 3 heteroatoms. The first-order valence-corrected chi connectivity index (χ1v) is 6.06. The van der Waals surface area contributed by atoms with Crippen LogP contribution in [0.5, 0.6) is 0 Å². The summed E-state index contributed by atoms with van der Waals surface area (Å²) in [5.74, 6) is -0.133. The molecule has 86 valence electrons. The number of dihydropyridines is 1. The summed E-state index contributed by atoms with van der Waals surface area (Å²) < 4.78 is 0. The van der Waals surface area contributed by atoms with Gasteiger partial charge in [-0.3, -0.25) is 4.79 Å². The van der Waals surface area contributed by atoms with Crippen LogP contribution in [0.1, 0.15) is 18.4 Å². The summed E-state index contributed by atoms with van der Waals surface area (Å²) in [5, 5.41) is 0. The highest BCUT2D eigenvalue weighted by molar-refractivity contribution is 6.60. The number of aliphatic imine (C=N–C) groups is 2. The van der Waals surface area contributed by atoms with E-state index in [9.17, 15) is 4.79 Å². The molecule has 0 saturated heterocycles. The van der Waals surface area contributed by atoms with Gasteiger partial charge in [-0.1, -0.05) is 30.4 Å². The van der Waals surface area contributed by atoms with E-state index in [4.69, 9.17) is 0 Å². The van der Waals surface area contributed by atoms with Gasteiger partial charge in [0.1, 0.15) is 5.71 Å². The number of rotatable bonds is 0. The van der Waals surface area contributed by atoms with Crippen molar-refractivity contribution in [3.63, 3.8) is 0 Å². The van der Waals surface area contributed by atoms with Gasteiger partial charge >= 0.3 is 0 Å². The van der Waals surface area contributed by atoms with Crippen LogP contribution < -0.4 is 0 Å². The second-order valence-electron chi connectivity index (χ2n) is 4.58. The van der Waals surface area contributed by atoms with Gasteiger partial charge in [0, 0.05) is 11.1 Å². The Labute approximate surface area is 104 Å². The van der Waals surface area contributed by atoms with Gasteiger partial charge in [0.2, 0.25) is 0 Å². The fourth-order valence-corrected chi connectivity index (χ4v) is 2.67. The molecule has 0 radical (unpaired) electrons. The van der Waals surface area contributed by atoms with E-state index in [0.717, 1.165) is 46.7 Å². The number of carbonyl (C=O) groups is 1. The van der Waals surface area contributed by atoms with E-state index < -0.39 is 0 Å². The van der Waals surface area contributed by atoms with Crippen molar-refractivity contribution < 1.29 is 4.79 Å². The summed E-state index contributed by atoms with van der Waals surface area (Å²) >= 11 is 0. The molecule has 1 aliphatic carbocycles. The minimum atomic E-state index is -0.133. The van der Waals surface area contributed by atoms with Crippen molar-refractivity contribution in [2.24, 2.45) is 9.98 Å². The Hall–Kier alpha value is -2.29. The highest BCUT2D eigenvalue weighted by Crippen LogP contribution is 2.35. The minimum Gasteiger partial charge on any atom is -0.267 e. The molecular formula is C15H10N2O. The van der Waals surface area contributed by atoms with Crippen molar-refractivity contribution in [2.45, 2.75) is 12.8 Å². The maximum Gasteiger partial charge on any atom is 0.277 e. The summed E-state index contributed by atoms with van der Waals surface area (Å²) in [7, 11) is 0. The van der Waals surface area contributed by atoms with Gasteiger partial charge < -0.3 is 0 Å². The third-order valence-electron chi connectivity index (χ3n) is 3.52. The van der Waals surface area contributed by atoms with Crippen LogP contribution in [0.25, 0.3) is 0 Å². The summed E-state index contributed by atoms with van der Waals surface area (Å²) in [4.78, 5) is 20.9. The predicted octanol–water partition coefficient (Wildman–Crippen LogP) is 2.75. The molecule has 3 nitrogen and oxygen atoms in total. The Kier molecular flexibility index (Phi) is 1.81. The predicted molar refractivity (Wildman–Crippen MR) is 70.5 cm³/mol. The smallest absolute Gasteiger partial charge is 0.267 e. The second-order valence-corrected chi connectivity index (χ2v) is 4.58. The summed E-state index contributed by atoms with van der Waals surface area (Å²) in [6.07, 6.45) is 5.75. The SMILES string of the molecule is O=C1N=C2C(=Nc3ccccc32)C2=C1C=CCC2. The van der Waals surface area contributed by atoms with Crippen molar-refractivity contribution in [2.75, 3.05) is 0 Å². The number of nitrogens with zero attached hydrogens (tertiary/aromatic N) is 2. The quantitative estimate of drug-likeness (QED) is 0.680. The van der Waals surface area contributed by atoms with E-state index in [-0.39, 0.29) is 5.91 Å². The van der Waals surface area contributed by atoms with E-state index in [2.05, 4.69) is 9.98 Å². The normalized spacial score (nSPS) is 20.1. The molecule has 0 fully saturated rings. The van der Waals surface area contributed by atoms with Crippen LogP contribution in [0.4, 0.5) is 5.69 Å². The molecule has 4 rings (SSSR count). The molecule has 1 amide bonds. The van der Waals surface area contributed by atoms with E-state index in [0.29, 0.717) is 0 Å². The second kappa shape index (κ2) is 3.35. The van der Waals surface area contributed by atoms with Crippen LogP contribution in [0.3, 0.4) is 0 Å². The topological polar surface area (TPSA) is 41.8 Å². The lowest BCUT2D eigenvalue weighted by atomic mass is 9.88. The number of carbonyl (C=O) groups excluding carboxylic acids is 1. The van der Waals surface area contributed by atoms with E-state index in [1.54, 1.807) is 0 Å². The molecule has 0 aromatic heterocycles. The fourth-order valence-electron chi connectivity index (χ4n) is 2.67. The molecule has 0 bridgehead atoms. The Bertz CT molecular complexity index is 705. The molecule has 1 aromatic carbocycles. The van der Waals surface area contributed by atoms with Crippen LogP contribution >= 0.6 is 0 Å². The van der Waals surface area contributed by atoms with Crippen molar-refractivity contribution >= 4 is 23.0 Å². The van der Waals surface area contributed by atoms with Crippen molar-refractivity contribution in [1.29, 1.82) is 0 Å². The fraction of sp³-hybridized carbons (Fsp3) is 0.133. The summed E-state index contributed by atoms with van der Waals surface area (Å²) in [6, 6.07) is 7.85. The van der Waals surface area contributed by atoms with Gasteiger partial charge in [-0.05, 0) is 24.5 Å². The Morgan fingerprint density at radius 3 is 2.89 bits per heavy atom. The van der Waals surface area contributed by atoms with Gasteiger partial charge in [0.05, 0.1) is 11.4 Å². The van der Waals surface area contributed by atoms with Gasteiger partial charge in [-0.15, -0.1) is 0 Å². The third-order valence-corrected chi connectivity index (χ3v) is 3.52. The molecular weight excluding hydrogens is 224 g/mol. The highest BCUT2D eigenvalue weighted by Gasteiger charge is 2.33. The molecule has 3 aliphatic rings. The third kappa shape index (κ3) is 1.16.